The minimum atomic E-state index is -0.525. The van der Waals surface area contributed by atoms with Gasteiger partial charge in [0, 0.05) is 15.5 Å². The highest BCUT2D eigenvalue weighted by Gasteiger charge is 2.52. The molecule has 0 amide bonds. The number of anilines is 3. The summed E-state index contributed by atoms with van der Waals surface area (Å²) in [6.07, 6.45) is 0. The molecule has 3 nitrogen and oxygen atoms in total. The standard InChI is InChI=1S/C49H29NO2S/c1-3-16-37-33(14-1)34-15-2-4-17-38(34)49(37)39-27-31(24-25-35(39)36-28-45-46(29-40(36)49)52-44-21-8-7-20-43(44)51-45)30-12-11-13-32(26-30)50-41-18-5-9-22-47(41)53-48-23-10-6-19-42(48)50/h1-29H. The second-order valence-corrected chi connectivity index (χ2v) is 15.1. The number of ether oxygens (including phenoxy) is 2. The number of hydrogen-bond donors (Lipinski definition) is 0. The van der Waals surface area contributed by atoms with Gasteiger partial charge in [0.2, 0.25) is 0 Å². The lowest BCUT2D eigenvalue weighted by Crippen LogP contribution is -2.26. The highest BCUT2D eigenvalue weighted by atomic mass is 32.2. The molecule has 0 radical (unpaired) electrons. The normalized spacial score (nSPS) is 14.4. The van der Waals surface area contributed by atoms with Crippen molar-refractivity contribution in [3.63, 3.8) is 0 Å². The van der Waals surface area contributed by atoms with Crippen LogP contribution in [0.5, 0.6) is 23.0 Å². The van der Waals surface area contributed by atoms with Gasteiger partial charge in [-0.05, 0) is 122 Å². The second kappa shape index (κ2) is 10.8. The Morgan fingerprint density at radius 1 is 0.377 bits per heavy atom. The van der Waals surface area contributed by atoms with E-state index < -0.39 is 5.41 Å². The molecule has 12 rings (SSSR count). The van der Waals surface area contributed by atoms with Crippen LogP contribution in [-0.4, -0.2) is 0 Å². The second-order valence-electron chi connectivity index (χ2n) is 14.0. The van der Waals surface area contributed by atoms with Crippen LogP contribution in [0.4, 0.5) is 17.1 Å². The minimum Gasteiger partial charge on any atom is -0.450 e. The molecular weight excluding hydrogens is 667 g/mol. The van der Waals surface area contributed by atoms with Gasteiger partial charge in [-0.1, -0.05) is 121 Å². The number of fused-ring (bicyclic) bond motifs is 14. The van der Waals surface area contributed by atoms with Crippen LogP contribution in [-0.2, 0) is 5.41 Å². The first-order valence-electron chi connectivity index (χ1n) is 18.0. The lowest BCUT2D eigenvalue weighted by Gasteiger charge is -2.33. The number of nitrogens with zero attached hydrogens (tertiary/aromatic N) is 1. The molecule has 4 aliphatic rings. The SMILES string of the molecule is c1cc(-c2ccc3c(c2)C2(c4ccccc4-c4ccccc42)c2cc4c(cc2-3)Oc2ccccc2O4)cc(N2c3ccccc3Sc3ccccc32)c1. The van der Waals surface area contributed by atoms with E-state index in [0.717, 1.165) is 28.7 Å². The van der Waals surface area contributed by atoms with Gasteiger partial charge in [-0.3, -0.25) is 0 Å². The molecule has 1 spiro atoms. The Labute approximate surface area is 311 Å². The van der Waals surface area contributed by atoms with Crippen molar-refractivity contribution in [1.29, 1.82) is 0 Å². The van der Waals surface area contributed by atoms with Gasteiger partial charge in [0.15, 0.2) is 23.0 Å². The lowest BCUT2D eigenvalue weighted by molar-refractivity contribution is 0.359. The summed E-state index contributed by atoms with van der Waals surface area (Å²) in [6, 6.07) is 63.6. The zero-order valence-electron chi connectivity index (χ0n) is 28.4. The molecule has 248 valence electrons. The van der Waals surface area contributed by atoms with E-state index in [2.05, 4.69) is 157 Å². The Kier molecular flexibility index (Phi) is 5.92. The third-order valence-corrected chi connectivity index (χ3v) is 12.4. The average molecular weight is 696 g/mol. The monoisotopic (exact) mass is 695 g/mol. The predicted octanol–water partition coefficient (Wildman–Crippen LogP) is 13.5. The number of benzene rings is 8. The van der Waals surface area contributed by atoms with Crippen molar-refractivity contribution in [2.24, 2.45) is 0 Å². The van der Waals surface area contributed by atoms with Crippen molar-refractivity contribution in [2.45, 2.75) is 15.2 Å². The molecule has 8 aromatic carbocycles. The van der Waals surface area contributed by atoms with Crippen molar-refractivity contribution in [2.75, 3.05) is 4.90 Å². The van der Waals surface area contributed by atoms with Crippen LogP contribution in [0.2, 0.25) is 0 Å². The van der Waals surface area contributed by atoms with E-state index in [1.54, 1.807) is 0 Å². The van der Waals surface area contributed by atoms with Gasteiger partial charge in [0.25, 0.3) is 0 Å². The maximum Gasteiger partial charge on any atom is 0.170 e. The highest BCUT2D eigenvalue weighted by molar-refractivity contribution is 7.99. The first-order valence-corrected chi connectivity index (χ1v) is 18.8. The van der Waals surface area contributed by atoms with Gasteiger partial charge < -0.3 is 14.4 Å². The van der Waals surface area contributed by atoms with Crippen molar-refractivity contribution in [3.8, 4) is 56.4 Å². The Balaban J connectivity index is 1.08. The van der Waals surface area contributed by atoms with Crippen molar-refractivity contribution in [3.05, 3.63) is 198 Å². The molecule has 2 aliphatic heterocycles. The molecular formula is C49H29NO2S. The van der Waals surface area contributed by atoms with Crippen LogP contribution in [0.15, 0.2) is 186 Å². The molecule has 0 unspecified atom stereocenters. The summed E-state index contributed by atoms with van der Waals surface area (Å²) in [7, 11) is 0. The van der Waals surface area contributed by atoms with E-state index in [1.165, 1.54) is 76.8 Å². The summed E-state index contributed by atoms with van der Waals surface area (Å²) in [5, 5.41) is 0. The van der Waals surface area contributed by atoms with E-state index in [9.17, 15) is 0 Å². The summed E-state index contributed by atoms with van der Waals surface area (Å²) in [6.45, 7) is 0. The topological polar surface area (TPSA) is 21.7 Å². The van der Waals surface area contributed by atoms with Gasteiger partial charge in [0.1, 0.15) is 0 Å². The smallest absolute Gasteiger partial charge is 0.170 e. The van der Waals surface area contributed by atoms with E-state index in [4.69, 9.17) is 9.47 Å². The zero-order valence-corrected chi connectivity index (χ0v) is 29.2. The van der Waals surface area contributed by atoms with Crippen LogP contribution < -0.4 is 14.4 Å². The van der Waals surface area contributed by atoms with Gasteiger partial charge in [-0.15, -0.1) is 0 Å². The molecule has 53 heavy (non-hydrogen) atoms. The molecule has 0 saturated carbocycles. The maximum atomic E-state index is 6.56. The zero-order chi connectivity index (χ0) is 34.7. The van der Waals surface area contributed by atoms with Gasteiger partial charge >= 0.3 is 0 Å². The Morgan fingerprint density at radius 2 is 0.925 bits per heavy atom. The first-order chi connectivity index (χ1) is 26.3. The predicted molar refractivity (Wildman–Crippen MR) is 214 cm³/mol. The third-order valence-electron chi connectivity index (χ3n) is 11.3. The maximum absolute atomic E-state index is 6.56. The number of para-hydroxylation sites is 4. The van der Waals surface area contributed by atoms with E-state index in [-0.39, 0.29) is 0 Å². The summed E-state index contributed by atoms with van der Waals surface area (Å²) in [5.74, 6) is 2.94. The summed E-state index contributed by atoms with van der Waals surface area (Å²) >= 11 is 1.83. The fourth-order valence-corrected chi connectivity index (χ4v) is 10.2. The fourth-order valence-electron chi connectivity index (χ4n) is 9.15. The number of hydrogen-bond acceptors (Lipinski definition) is 4. The molecule has 4 heteroatoms. The van der Waals surface area contributed by atoms with E-state index in [0.29, 0.717) is 0 Å². The summed E-state index contributed by atoms with van der Waals surface area (Å²) in [4.78, 5) is 4.92. The Morgan fingerprint density at radius 3 is 1.62 bits per heavy atom. The molecule has 0 N–H and O–H groups in total. The molecule has 0 saturated heterocycles. The van der Waals surface area contributed by atoms with Crippen LogP contribution in [0.1, 0.15) is 22.3 Å². The van der Waals surface area contributed by atoms with Gasteiger partial charge in [0.05, 0.1) is 16.8 Å². The first kappa shape index (κ1) is 29.1. The molecule has 0 bridgehead atoms. The fraction of sp³-hybridized carbons (Fsp3) is 0.0204. The van der Waals surface area contributed by atoms with Crippen LogP contribution in [0, 0.1) is 0 Å². The largest absolute Gasteiger partial charge is 0.450 e. The molecule has 0 atom stereocenters. The molecule has 2 aliphatic carbocycles. The highest BCUT2D eigenvalue weighted by Crippen LogP contribution is 2.65. The van der Waals surface area contributed by atoms with Gasteiger partial charge in [-0.25, -0.2) is 0 Å². The molecule has 2 heterocycles. The number of rotatable bonds is 2. The van der Waals surface area contributed by atoms with Crippen LogP contribution >= 0.6 is 11.8 Å². The third kappa shape index (κ3) is 3.96. The summed E-state index contributed by atoms with van der Waals surface area (Å²) < 4.78 is 13.1. The van der Waals surface area contributed by atoms with Crippen LogP contribution in [0.25, 0.3) is 33.4 Å². The lowest BCUT2D eigenvalue weighted by atomic mass is 9.70. The van der Waals surface area contributed by atoms with Crippen molar-refractivity contribution < 1.29 is 9.47 Å². The minimum absolute atomic E-state index is 0.525. The van der Waals surface area contributed by atoms with Crippen molar-refractivity contribution in [1.82, 2.24) is 0 Å². The summed E-state index contributed by atoms with van der Waals surface area (Å²) in [5.41, 5.74) is 15.4. The van der Waals surface area contributed by atoms with Crippen molar-refractivity contribution >= 4 is 28.8 Å². The molecule has 0 fully saturated rings. The molecule has 8 aromatic rings. The Bertz CT molecular complexity index is 2770. The van der Waals surface area contributed by atoms with Crippen LogP contribution in [0.3, 0.4) is 0 Å². The van der Waals surface area contributed by atoms with E-state index in [1.807, 2.05) is 36.0 Å². The quantitative estimate of drug-likeness (QED) is 0.179. The average Bonchev–Trinajstić information content (AvgIpc) is 3.67. The Hall–Kier alpha value is -6.49. The van der Waals surface area contributed by atoms with E-state index >= 15 is 0 Å². The van der Waals surface area contributed by atoms with Gasteiger partial charge in [-0.2, -0.15) is 0 Å². The molecule has 0 aromatic heterocycles.